The Morgan fingerprint density at radius 3 is 2.70 bits per heavy atom. The molecule has 2 aliphatic carbocycles. The first-order valence-electron chi connectivity index (χ1n) is 7.47. The molecule has 0 aliphatic heterocycles. The number of aliphatic hydroxyl groups excluding tert-OH is 1. The van der Waals surface area contributed by atoms with Crippen molar-refractivity contribution < 1.29 is 9.90 Å². The van der Waals surface area contributed by atoms with Gasteiger partial charge >= 0.3 is 0 Å². The zero-order valence-electron chi connectivity index (χ0n) is 11.9. The van der Waals surface area contributed by atoms with Gasteiger partial charge in [-0.1, -0.05) is 6.92 Å². The summed E-state index contributed by atoms with van der Waals surface area (Å²) in [5.41, 5.74) is -0.496. The number of aromatic amines is 1. The first-order chi connectivity index (χ1) is 9.62. The largest absolute Gasteiger partial charge is 0.394 e. The zero-order chi connectivity index (χ0) is 14.2. The molecule has 6 nitrogen and oxygen atoms in total. The summed E-state index contributed by atoms with van der Waals surface area (Å²) in [4.78, 5) is 16.5. The highest BCUT2D eigenvalue weighted by molar-refractivity contribution is 5.90. The van der Waals surface area contributed by atoms with E-state index in [0.717, 1.165) is 44.3 Å². The molecule has 1 aromatic heterocycles. The number of nitrogens with zero attached hydrogens (tertiary/aromatic N) is 2. The summed E-state index contributed by atoms with van der Waals surface area (Å²) in [5.74, 6) is 1.84. The maximum atomic E-state index is 12.2. The fraction of sp³-hybridized carbons (Fsp3) is 0.786. The topological polar surface area (TPSA) is 90.9 Å². The Labute approximate surface area is 118 Å². The van der Waals surface area contributed by atoms with E-state index in [4.69, 9.17) is 0 Å². The number of rotatable bonds is 4. The molecule has 2 fully saturated rings. The summed E-state index contributed by atoms with van der Waals surface area (Å²) >= 11 is 0. The standard InChI is InChI=1S/C14H22N4O2/c1-9-4-6-14(8-19,7-5-9)16-13(20)12-15-11(17-18-12)10-2-3-10/h9-10,19H,2-8H2,1H3,(H,16,20)(H,15,17,18). The van der Waals surface area contributed by atoms with Crippen LogP contribution < -0.4 is 5.32 Å². The molecule has 0 saturated heterocycles. The summed E-state index contributed by atoms with van der Waals surface area (Å²) in [6.45, 7) is 2.19. The maximum Gasteiger partial charge on any atom is 0.291 e. The number of carbonyl (C=O) groups is 1. The Bertz CT molecular complexity index is 487. The van der Waals surface area contributed by atoms with Gasteiger partial charge in [-0.15, -0.1) is 5.10 Å². The lowest BCUT2D eigenvalue weighted by Crippen LogP contribution is -2.53. The maximum absolute atomic E-state index is 12.2. The second kappa shape index (κ2) is 5.16. The van der Waals surface area contributed by atoms with Crippen LogP contribution in [0.2, 0.25) is 0 Å². The van der Waals surface area contributed by atoms with Gasteiger partial charge in [-0.25, -0.2) is 4.98 Å². The third-order valence-electron chi connectivity index (χ3n) is 4.58. The van der Waals surface area contributed by atoms with Gasteiger partial charge in [-0.2, -0.15) is 0 Å². The van der Waals surface area contributed by atoms with Crippen molar-refractivity contribution in [3.05, 3.63) is 11.6 Å². The van der Waals surface area contributed by atoms with Crippen molar-refractivity contribution in [3.63, 3.8) is 0 Å². The monoisotopic (exact) mass is 278 g/mol. The number of carbonyl (C=O) groups excluding carboxylic acids is 1. The van der Waals surface area contributed by atoms with E-state index >= 15 is 0 Å². The van der Waals surface area contributed by atoms with E-state index in [9.17, 15) is 9.90 Å². The summed E-state index contributed by atoms with van der Waals surface area (Å²) in [5, 5.41) is 19.5. The first kappa shape index (κ1) is 13.5. The molecule has 0 radical (unpaired) electrons. The second-order valence-electron chi connectivity index (χ2n) is 6.39. The average Bonchev–Trinajstić information content (AvgIpc) is 3.19. The molecule has 20 heavy (non-hydrogen) atoms. The van der Waals surface area contributed by atoms with Gasteiger partial charge in [0.15, 0.2) is 0 Å². The predicted octanol–water partition coefficient (Wildman–Crippen LogP) is 1.35. The normalized spacial score (nSPS) is 30.2. The van der Waals surface area contributed by atoms with Crippen LogP contribution >= 0.6 is 0 Å². The molecule has 3 rings (SSSR count). The SMILES string of the molecule is CC1CCC(CO)(NC(=O)c2n[nH]c(C3CC3)n2)CC1. The minimum Gasteiger partial charge on any atom is -0.394 e. The molecule has 0 spiro atoms. The molecule has 1 amide bonds. The van der Waals surface area contributed by atoms with Crippen LogP contribution in [0.5, 0.6) is 0 Å². The van der Waals surface area contributed by atoms with E-state index in [1.54, 1.807) is 0 Å². The number of aliphatic hydroxyl groups is 1. The minimum atomic E-state index is -0.496. The Hall–Kier alpha value is -1.43. The van der Waals surface area contributed by atoms with Crippen LogP contribution in [0.3, 0.4) is 0 Å². The van der Waals surface area contributed by atoms with Crippen LogP contribution in [-0.4, -0.2) is 38.3 Å². The van der Waals surface area contributed by atoms with E-state index in [2.05, 4.69) is 27.4 Å². The summed E-state index contributed by atoms with van der Waals surface area (Å²) in [6.07, 6.45) is 5.93. The van der Waals surface area contributed by atoms with Gasteiger partial charge < -0.3 is 10.4 Å². The van der Waals surface area contributed by atoms with E-state index in [0.29, 0.717) is 11.8 Å². The lowest BCUT2D eigenvalue weighted by molar-refractivity contribution is 0.0708. The number of aromatic nitrogens is 3. The van der Waals surface area contributed by atoms with Crippen molar-refractivity contribution in [1.82, 2.24) is 20.5 Å². The molecule has 1 heterocycles. The van der Waals surface area contributed by atoms with Crippen molar-refractivity contribution in [3.8, 4) is 0 Å². The Morgan fingerprint density at radius 2 is 2.10 bits per heavy atom. The third-order valence-corrected chi connectivity index (χ3v) is 4.58. The van der Waals surface area contributed by atoms with Gasteiger partial charge in [0.25, 0.3) is 5.91 Å². The van der Waals surface area contributed by atoms with Gasteiger partial charge in [-0.05, 0) is 44.4 Å². The van der Waals surface area contributed by atoms with Gasteiger partial charge in [0.05, 0.1) is 12.1 Å². The predicted molar refractivity (Wildman–Crippen MR) is 73.3 cm³/mol. The van der Waals surface area contributed by atoms with Gasteiger partial charge in [-0.3, -0.25) is 9.89 Å². The molecular formula is C14H22N4O2. The van der Waals surface area contributed by atoms with Crippen LogP contribution in [0.4, 0.5) is 0 Å². The van der Waals surface area contributed by atoms with Crippen molar-refractivity contribution >= 4 is 5.91 Å². The number of H-pyrrole nitrogens is 1. The molecular weight excluding hydrogens is 256 g/mol. The van der Waals surface area contributed by atoms with E-state index in [1.165, 1.54) is 0 Å². The van der Waals surface area contributed by atoms with Crippen molar-refractivity contribution in [2.75, 3.05) is 6.61 Å². The highest BCUT2D eigenvalue weighted by Crippen LogP contribution is 2.37. The van der Waals surface area contributed by atoms with Crippen LogP contribution in [0.25, 0.3) is 0 Å². The smallest absolute Gasteiger partial charge is 0.291 e. The van der Waals surface area contributed by atoms with Crippen molar-refractivity contribution in [2.24, 2.45) is 5.92 Å². The lowest BCUT2D eigenvalue weighted by Gasteiger charge is -2.38. The molecule has 0 bridgehead atoms. The summed E-state index contributed by atoms with van der Waals surface area (Å²) in [7, 11) is 0. The molecule has 1 aromatic rings. The molecule has 0 unspecified atom stereocenters. The van der Waals surface area contributed by atoms with Crippen molar-refractivity contribution in [1.29, 1.82) is 0 Å². The molecule has 3 N–H and O–H groups in total. The summed E-state index contributed by atoms with van der Waals surface area (Å²) < 4.78 is 0. The van der Waals surface area contributed by atoms with E-state index in [-0.39, 0.29) is 18.3 Å². The van der Waals surface area contributed by atoms with E-state index < -0.39 is 5.54 Å². The van der Waals surface area contributed by atoms with Crippen LogP contribution in [0.15, 0.2) is 0 Å². The van der Waals surface area contributed by atoms with Gasteiger partial charge in [0, 0.05) is 5.92 Å². The summed E-state index contributed by atoms with van der Waals surface area (Å²) in [6, 6.07) is 0. The molecule has 2 saturated carbocycles. The fourth-order valence-corrected chi connectivity index (χ4v) is 2.85. The molecule has 2 aliphatic rings. The Balaban J connectivity index is 1.66. The van der Waals surface area contributed by atoms with E-state index in [1.807, 2.05) is 0 Å². The number of amides is 1. The van der Waals surface area contributed by atoms with Gasteiger partial charge in [0.2, 0.25) is 5.82 Å². The van der Waals surface area contributed by atoms with Crippen LogP contribution in [0.1, 0.15) is 67.8 Å². The van der Waals surface area contributed by atoms with Crippen LogP contribution in [0, 0.1) is 5.92 Å². The quantitative estimate of drug-likeness (QED) is 0.775. The molecule has 0 atom stereocenters. The molecule has 6 heteroatoms. The third kappa shape index (κ3) is 2.70. The number of hydrogen-bond donors (Lipinski definition) is 3. The second-order valence-corrected chi connectivity index (χ2v) is 6.39. The number of nitrogens with one attached hydrogen (secondary N) is 2. The number of hydrogen-bond acceptors (Lipinski definition) is 4. The first-order valence-corrected chi connectivity index (χ1v) is 7.47. The van der Waals surface area contributed by atoms with Gasteiger partial charge in [0.1, 0.15) is 5.82 Å². The Kier molecular flexibility index (Phi) is 3.50. The van der Waals surface area contributed by atoms with Crippen LogP contribution in [-0.2, 0) is 0 Å². The molecule has 0 aromatic carbocycles. The molecule has 110 valence electrons. The Morgan fingerprint density at radius 1 is 1.40 bits per heavy atom. The highest BCUT2D eigenvalue weighted by atomic mass is 16.3. The van der Waals surface area contributed by atoms with Crippen molar-refractivity contribution in [2.45, 2.75) is 56.9 Å². The average molecular weight is 278 g/mol. The zero-order valence-corrected chi connectivity index (χ0v) is 11.9. The highest BCUT2D eigenvalue weighted by Gasteiger charge is 2.36. The fourth-order valence-electron chi connectivity index (χ4n) is 2.85. The lowest BCUT2D eigenvalue weighted by atomic mass is 9.77. The minimum absolute atomic E-state index is 0.0225.